The standard InChI is InChI=1S/C24H25N3O4/c1-3-31-20-14-12-19(13-15-20)26-24(29)17-8-10-18(11-9-17)25-16-23(28)27-21-6-4-5-7-22(21)30-2/h4-15,25H,3,16H2,1-2H3,(H,26,29)(H,27,28). The lowest BCUT2D eigenvalue weighted by molar-refractivity contribution is -0.114. The van der Waals surface area contributed by atoms with Crippen molar-refractivity contribution in [2.45, 2.75) is 6.92 Å². The van der Waals surface area contributed by atoms with Crippen LogP contribution in [0.2, 0.25) is 0 Å². The second-order valence-corrected chi connectivity index (χ2v) is 6.59. The molecule has 0 bridgehead atoms. The van der Waals surface area contributed by atoms with Crippen LogP contribution in [0.1, 0.15) is 17.3 Å². The van der Waals surface area contributed by atoms with Gasteiger partial charge in [-0.05, 0) is 67.6 Å². The molecular weight excluding hydrogens is 394 g/mol. The zero-order chi connectivity index (χ0) is 22.1. The number of nitrogens with one attached hydrogen (secondary N) is 3. The largest absolute Gasteiger partial charge is 0.495 e. The number of amides is 2. The van der Waals surface area contributed by atoms with Crippen molar-refractivity contribution >= 4 is 28.9 Å². The summed E-state index contributed by atoms with van der Waals surface area (Å²) in [6.07, 6.45) is 0. The fraction of sp³-hybridized carbons (Fsp3) is 0.167. The molecule has 160 valence electrons. The van der Waals surface area contributed by atoms with Gasteiger partial charge in [0.15, 0.2) is 0 Å². The van der Waals surface area contributed by atoms with Gasteiger partial charge in [0, 0.05) is 16.9 Å². The van der Waals surface area contributed by atoms with E-state index in [2.05, 4.69) is 16.0 Å². The lowest BCUT2D eigenvalue weighted by Crippen LogP contribution is -2.22. The highest BCUT2D eigenvalue weighted by Crippen LogP contribution is 2.23. The van der Waals surface area contributed by atoms with Gasteiger partial charge >= 0.3 is 0 Å². The van der Waals surface area contributed by atoms with Crippen LogP contribution in [-0.2, 0) is 4.79 Å². The van der Waals surface area contributed by atoms with E-state index < -0.39 is 0 Å². The van der Waals surface area contributed by atoms with Gasteiger partial charge in [0.25, 0.3) is 5.91 Å². The van der Waals surface area contributed by atoms with Crippen molar-refractivity contribution in [1.82, 2.24) is 0 Å². The number of rotatable bonds is 9. The van der Waals surface area contributed by atoms with Crippen molar-refractivity contribution in [1.29, 1.82) is 0 Å². The van der Waals surface area contributed by atoms with Crippen LogP contribution < -0.4 is 25.4 Å². The van der Waals surface area contributed by atoms with E-state index in [1.165, 1.54) is 0 Å². The first-order valence-electron chi connectivity index (χ1n) is 9.90. The maximum atomic E-state index is 12.4. The van der Waals surface area contributed by atoms with Crippen molar-refractivity contribution in [2.24, 2.45) is 0 Å². The van der Waals surface area contributed by atoms with Crippen LogP contribution in [0.15, 0.2) is 72.8 Å². The van der Waals surface area contributed by atoms with Crippen LogP contribution >= 0.6 is 0 Å². The van der Waals surface area contributed by atoms with Crippen LogP contribution in [0, 0.1) is 0 Å². The summed E-state index contributed by atoms with van der Waals surface area (Å²) in [6, 6.07) is 21.3. The van der Waals surface area contributed by atoms with Gasteiger partial charge in [-0.3, -0.25) is 9.59 Å². The summed E-state index contributed by atoms with van der Waals surface area (Å²) in [4.78, 5) is 24.6. The van der Waals surface area contributed by atoms with E-state index in [0.29, 0.717) is 29.3 Å². The van der Waals surface area contributed by atoms with Gasteiger partial charge in [0.2, 0.25) is 5.91 Å². The van der Waals surface area contributed by atoms with Gasteiger partial charge in [-0.15, -0.1) is 0 Å². The molecule has 3 rings (SSSR count). The Hall–Kier alpha value is -4.00. The first-order valence-corrected chi connectivity index (χ1v) is 9.90. The third-order valence-electron chi connectivity index (χ3n) is 4.40. The zero-order valence-corrected chi connectivity index (χ0v) is 17.5. The molecule has 0 radical (unpaired) electrons. The molecule has 3 aromatic rings. The molecule has 0 atom stereocenters. The van der Waals surface area contributed by atoms with Gasteiger partial charge in [-0.25, -0.2) is 0 Å². The second kappa shape index (κ2) is 10.7. The summed E-state index contributed by atoms with van der Waals surface area (Å²) in [6.45, 7) is 2.59. The highest BCUT2D eigenvalue weighted by Gasteiger charge is 2.09. The highest BCUT2D eigenvalue weighted by molar-refractivity contribution is 6.04. The smallest absolute Gasteiger partial charge is 0.255 e. The molecule has 0 saturated heterocycles. The van der Waals surface area contributed by atoms with Gasteiger partial charge in [-0.1, -0.05) is 12.1 Å². The summed E-state index contributed by atoms with van der Waals surface area (Å²) >= 11 is 0. The molecule has 0 aliphatic rings. The SMILES string of the molecule is CCOc1ccc(NC(=O)c2ccc(NCC(=O)Nc3ccccc3OC)cc2)cc1. The fourth-order valence-corrected chi connectivity index (χ4v) is 2.87. The number of hydrogen-bond donors (Lipinski definition) is 3. The maximum Gasteiger partial charge on any atom is 0.255 e. The summed E-state index contributed by atoms with van der Waals surface area (Å²) < 4.78 is 10.6. The van der Waals surface area contributed by atoms with Crippen molar-refractivity contribution in [3.63, 3.8) is 0 Å². The summed E-state index contributed by atoms with van der Waals surface area (Å²) in [7, 11) is 1.55. The summed E-state index contributed by atoms with van der Waals surface area (Å²) in [5.74, 6) is 0.927. The molecule has 0 spiro atoms. The Kier molecular flexibility index (Phi) is 7.48. The van der Waals surface area contributed by atoms with E-state index in [0.717, 1.165) is 11.4 Å². The fourth-order valence-electron chi connectivity index (χ4n) is 2.87. The minimum atomic E-state index is -0.218. The third kappa shape index (κ3) is 6.24. The molecule has 3 aromatic carbocycles. The van der Waals surface area contributed by atoms with Crippen LogP contribution in [0.3, 0.4) is 0 Å². The predicted octanol–water partition coefficient (Wildman–Crippen LogP) is 4.40. The van der Waals surface area contributed by atoms with Gasteiger partial charge in [0.1, 0.15) is 11.5 Å². The molecule has 31 heavy (non-hydrogen) atoms. The number of anilines is 3. The monoisotopic (exact) mass is 419 g/mol. The van der Waals surface area contributed by atoms with E-state index >= 15 is 0 Å². The molecule has 0 aromatic heterocycles. The number of hydrogen-bond acceptors (Lipinski definition) is 5. The zero-order valence-electron chi connectivity index (χ0n) is 17.5. The maximum absolute atomic E-state index is 12.4. The van der Waals surface area contributed by atoms with Crippen molar-refractivity contribution in [2.75, 3.05) is 36.2 Å². The van der Waals surface area contributed by atoms with Crippen LogP contribution in [0.5, 0.6) is 11.5 Å². The van der Waals surface area contributed by atoms with E-state index in [1.807, 2.05) is 31.2 Å². The lowest BCUT2D eigenvalue weighted by atomic mass is 10.2. The number of methoxy groups -OCH3 is 1. The molecule has 0 fully saturated rings. The summed E-state index contributed by atoms with van der Waals surface area (Å²) in [5, 5.41) is 8.68. The Morgan fingerprint density at radius 1 is 0.839 bits per heavy atom. The molecule has 0 aliphatic heterocycles. The average molecular weight is 419 g/mol. The second-order valence-electron chi connectivity index (χ2n) is 6.59. The van der Waals surface area contributed by atoms with Crippen molar-refractivity contribution in [3.8, 4) is 11.5 Å². The average Bonchev–Trinajstić information content (AvgIpc) is 2.80. The molecule has 0 unspecified atom stereocenters. The number of para-hydroxylation sites is 2. The quantitative estimate of drug-likeness (QED) is 0.479. The van der Waals surface area contributed by atoms with E-state index in [4.69, 9.17) is 9.47 Å². The van der Waals surface area contributed by atoms with Crippen LogP contribution in [0.4, 0.5) is 17.1 Å². The van der Waals surface area contributed by atoms with Gasteiger partial charge in [-0.2, -0.15) is 0 Å². The van der Waals surface area contributed by atoms with Crippen LogP contribution in [-0.4, -0.2) is 32.1 Å². The van der Waals surface area contributed by atoms with E-state index in [1.54, 1.807) is 55.6 Å². The Morgan fingerprint density at radius 3 is 2.19 bits per heavy atom. The van der Waals surface area contributed by atoms with Crippen molar-refractivity contribution in [3.05, 3.63) is 78.4 Å². The Bertz CT molecular complexity index is 1020. The minimum Gasteiger partial charge on any atom is -0.495 e. The van der Waals surface area contributed by atoms with E-state index in [-0.39, 0.29) is 18.4 Å². The molecule has 0 saturated carbocycles. The normalized spacial score (nSPS) is 10.1. The Labute approximate surface area is 181 Å². The molecule has 0 heterocycles. The number of ether oxygens (including phenoxy) is 2. The Morgan fingerprint density at radius 2 is 1.52 bits per heavy atom. The van der Waals surface area contributed by atoms with Gasteiger partial charge in [0.05, 0.1) is 25.9 Å². The molecule has 3 N–H and O–H groups in total. The van der Waals surface area contributed by atoms with Crippen LogP contribution in [0.25, 0.3) is 0 Å². The first kappa shape index (κ1) is 21.7. The number of carbonyl (C=O) groups excluding carboxylic acids is 2. The first-order chi connectivity index (χ1) is 15.1. The predicted molar refractivity (Wildman–Crippen MR) is 122 cm³/mol. The van der Waals surface area contributed by atoms with Gasteiger partial charge < -0.3 is 25.4 Å². The minimum absolute atomic E-state index is 0.0791. The number of carbonyl (C=O) groups is 2. The lowest BCUT2D eigenvalue weighted by Gasteiger charge is -2.11. The topological polar surface area (TPSA) is 88.7 Å². The highest BCUT2D eigenvalue weighted by atomic mass is 16.5. The summed E-state index contributed by atoms with van der Waals surface area (Å²) in [5.41, 5.74) is 2.53. The molecule has 2 amide bonds. The van der Waals surface area contributed by atoms with E-state index in [9.17, 15) is 9.59 Å². The third-order valence-corrected chi connectivity index (χ3v) is 4.40. The van der Waals surface area contributed by atoms with Crippen molar-refractivity contribution < 1.29 is 19.1 Å². The number of benzene rings is 3. The Balaban J connectivity index is 1.51. The molecule has 0 aliphatic carbocycles. The molecule has 7 heteroatoms. The molecular formula is C24H25N3O4. The molecule has 7 nitrogen and oxygen atoms in total.